The van der Waals surface area contributed by atoms with Gasteiger partial charge in [0, 0.05) is 19.5 Å². The molecule has 3 aromatic rings. The van der Waals surface area contributed by atoms with E-state index in [9.17, 15) is 4.79 Å². The molecule has 0 fully saturated rings. The van der Waals surface area contributed by atoms with Gasteiger partial charge in [-0.1, -0.05) is 93.9 Å². The summed E-state index contributed by atoms with van der Waals surface area (Å²) in [5, 5.41) is 0.524. The number of benzene rings is 3. The van der Waals surface area contributed by atoms with Crippen LogP contribution >= 0.6 is 85.2 Å². The third-order valence-electron chi connectivity index (χ3n) is 3.65. The fraction of sp³-hybridized carbons (Fsp3) is 0.0476. The van der Waals surface area contributed by atoms with Crippen LogP contribution in [0.15, 0.2) is 75.7 Å². The molecule has 3 aromatic carbocycles. The largest absolute Gasteiger partial charge is 0.465 e. The number of para-hydroxylation sites is 1. The van der Waals surface area contributed by atoms with Gasteiger partial charge in [-0.2, -0.15) is 0 Å². The molecule has 0 N–H and O–H groups in total. The van der Waals surface area contributed by atoms with E-state index < -0.39 is 5.97 Å². The van der Waals surface area contributed by atoms with Crippen molar-refractivity contribution in [2.24, 2.45) is 0 Å². The minimum absolute atomic E-state index is 0.226. The summed E-state index contributed by atoms with van der Waals surface area (Å²) in [6.45, 7) is 6.91. The van der Waals surface area contributed by atoms with Gasteiger partial charge in [0.1, 0.15) is 0 Å². The van der Waals surface area contributed by atoms with E-state index in [1.54, 1.807) is 18.2 Å². The van der Waals surface area contributed by atoms with Crippen LogP contribution in [0.2, 0.25) is 5.02 Å². The van der Waals surface area contributed by atoms with Gasteiger partial charge in [-0.3, -0.25) is 0 Å². The van der Waals surface area contributed by atoms with Crippen LogP contribution in [0.25, 0.3) is 16.0 Å². The highest BCUT2D eigenvalue weighted by atomic mass is 79.9. The Hall–Kier alpha value is 0.0200. The molecule has 0 spiro atoms. The molecule has 168 valence electrons. The number of methoxy groups -OCH3 is 1. The van der Waals surface area contributed by atoms with Crippen LogP contribution in [-0.4, -0.2) is 13.1 Å². The third kappa shape index (κ3) is 11.0. The molecule has 4 atom stereocenters. The average molecular weight is 670 g/mol. The standard InChI is InChI=1S/C14H10BrClO2.C7H4BrN.H7P5/c1-18-14(17)10-5-6-12(13(16)8-10)9-3-2-4-11(15)7-9;1-9-7-5-3-2-4-6(7)8;1-4-5(2)3/h2-8H,1H3;2-5H;4H,1-3H2. The zero-order chi connectivity index (χ0) is 24.1. The molecule has 0 bridgehead atoms. The minimum Gasteiger partial charge on any atom is -0.465 e. The lowest BCUT2D eigenvalue weighted by Crippen LogP contribution is -2.00. The number of halogens is 3. The quantitative estimate of drug-likeness (QED) is 0.158. The summed E-state index contributed by atoms with van der Waals surface area (Å²) in [4.78, 5) is 14.7. The molecule has 0 aliphatic heterocycles. The molecule has 32 heavy (non-hydrogen) atoms. The molecule has 0 radical (unpaired) electrons. The van der Waals surface area contributed by atoms with Crippen molar-refractivity contribution in [1.29, 1.82) is 0 Å². The Morgan fingerprint density at radius 2 is 1.75 bits per heavy atom. The maximum atomic E-state index is 11.4. The Kier molecular flexibility index (Phi) is 15.6. The van der Waals surface area contributed by atoms with Gasteiger partial charge in [0.25, 0.3) is 0 Å². The van der Waals surface area contributed by atoms with Gasteiger partial charge in [-0.25, -0.2) is 9.64 Å². The summed E-state index contributed by atoms with van der Waals surface area (Å²) < 4.78 is 6.49. The Labute approximate surface area is 221 Å². The van der Waals surface area contributed by atoms with Crippen LogP contribution in [0, 0.1) is 6.57 Å². The average Bonchev–Trinajstić information content (AvgIpc) is 2.79. The van der Waals surface area contributed by atoms with Crippen LogP contribution < -0.4 is 0 Å². The monoisotopic (exact) mass is 667 g/mol. The Balaban J connectivity index is 0.000000303. The number of hydrogen-bond acceptors (Lipinski definition) is 2. The van der Waals surface area contributed by atoms with Crippen LogP contribution in [0.3, 0.4) is 0 Å². The number of carbonyl (C=O) groups is 1. The number of carbonyl (C=O) groups excluding carboxylic acids is 1. The maximum absolute atomic E-state index is 11.4. The highest BCUT2D eigenvalue weighted by Gasteiger charge is 2.10. The van der Waals surface area contributed by atoms with Gasteiger partial charge >= 0.3 is 5.97 Å². The summed E-state index contributed by atoms with van der Waals surface area (Å²) in [7, 11) is 10.6. The number of rotatable bonds is 3. The molecule has 0 heterocycles. The van der Waals surface area contributed by atoms with Gasteiger partial charge in [-0.05, 0) is 36.8 Å². The summed E-state index contributed by atoms with van der Waals surface area (Å²) in [6.07, 6.45) is 0. The minimum atomic E-state index is -0.391. The van der Waals surface area contributed by atoms with Crippen molar-refractivity contribution in [3.05, 3.63) is 97.7 Å². The third-order valence-corrected chi connectivity index (χ3v) is 17.1. The second kappa shape index (κ2) is 16.6. The lowest BCUT2D eigenvalue weighted by molar-refractivity contribution is 0.0601. The molecule has 0 saturated heterocycles. The van der Waals surface area contributed by atoms with Gasteiger partial charge < -0.3 is 4.74 Å². The zero-order valence-electron chi connectivity index (χ0n) is 16.9. The predicted molar refractivity (Wildman–Crippen MR) is 161 cm³/mol. The van der Waals surface area contributed by atoms with Crippen molar-refractivity contribution in [2.45, 2.75) is 0 Å². The summed E-state index contributed by atoms with van der Waals surface area (Å²) in [6, 6.07) is 20.3. The fourth-order valence-electron chi connectivity index (χ4n) is 2.19. The first-order valence-electron chi connectivity index (χ1n) is 8.75. The second-order valence-electron chi connectivity index (χ2n) is 5.80. The predicted octanol–water partition coefficient (Wildman–Crippen LogP) is 9.99. The molecule has 0 aliphatic rings. The molecule has 0 amide bonds. The summed E-state index contributed by atoms with van der Waals surface area (Å²) >= 11 is 12.9. The Bertz CT molecular complexity index is 1080. The summed E-state index contributed by atoms with van der Waals surface area (Å²) in [5.41, 5.74) is 2.98. The van der Waals surface area contributed by atoms with Crippen molar-refractivity contribution < 1.29 is 9.53 Å². The fourth-order valence-corrected chi connectivity index (χ4v) is 3.25. The van der Waals surface area contributed by atoms with Gasteiger partial charge in [-0.15, -0.1) is 26.8 Å². The molecule has 4 unspecified atom stereocenters. The van der Waals surface area contributed by atoms with Crippen molar-refractivity contribution >= 4 is 96.8 Å². The van der Waals surface area contributed by atoms with E-state index in [1.165, 1.54) is 7.11 Å². The molecular weight excluding hydrogens is 648 g/mol. The number of esters is 1. The topological polar surface area (TPSA) is 30.7 Å². The number of hydrogen-bond donors (Lipinski definition) is 0. The molecule has 0 aromatic heterocycles. The number of ether oxygens (including phenoxy) is 1. The SMILES string of the molecule is COC(=O)c1ccc(-c2cccc(Br)c2)c(Cl)c1.PPP(P)P.[C-]#[N+]c1ccccc1Br. The lowest BCUT2D eigenvalue weighted by atomic mass is 10.0. The smallest absolute Gasteiger partial charge is 0.337 e. The molecule has 0 aliphatic carbocycles. The molecule has 3 rings (SSSR count). The van der Waals surface area contributed by atoms with E-state index >= 15 is 0 Å². The highest BCUT2D eigenvalue weighted by molar-refractivity contribution is 9.10. The van der Waals surface area contributed by atoms with E-state index in [1.807, 2.05) is 48.5 Å². The van der Waals surface area contributed by atoms with Crippen molar-refractivity contribution in [1.82, 2.24) is 0 Å². The van der Waals surface area contributed by atoms with E-state index in [-0.39, 0.29) is 6.99 Å². The Morgan fingerprint density at radius 1 is 1.09 bits per heavy atom. The molecule has 3 nitrogen and oxygen atoms in total. The van der Waals surface area contributed by atoms with Crippen LogP contribution in [0.4, 0.5) is 5.69 Å². The van der Waals surface area contributed by atoms with E-state index in [0.29, 0.717) is 16.3 Å². The van der Waals surface area contributed by atoms with E-state index in [2.05, 4.69) is 68.2 Å². The van der Waals surface area contributed by atoms with Gasteiger partial charge in [0.2, 0.25) is 5.69 Å². The lowest BCUT2D eigenvalue weighted by Gasteiger charge is -2.07. The van der Waals surface area contributed by atoms with Crippen molar-refractivity contribution in [2.75, 3.05) is 7.11 Å². The van der Waals surface area contributed by atoms with E-state index in [0.717, 1.165) is 28.0 Å². The van der Waals surface area contributed by atoms with Crippen molar-refractivity contribution in [3.63, 3.8) is 0 Å². The highest BCUT2D eigenvalue weighted by Crippen LogP contribution is 2.71. The van der Waals surface area contributed by atoms with Crippen molar-refractivity contribution in [3.8, 4) is 11.1 Å². The first kappa shape index (κ1) is 30.1. The Morgan fingerprint density at radius 3 is 2.22 bits per heavy atom. The zero-order valence-corrected chi connectivity index (χ0v) is 26.2. The molecule has 0 saturated carbocycles. The summed E-state index contributed by atoms with van der Waals surface area (Å²) in [5.74, 6) is -0.391. The molecular formula is C21H21Br2ClNO2P5. The van der Waals surface area contributed by atoms with Gasteiger partial charge in [0.15, 0.2) is 0 Å². The van der Waals surface area contributed by atoms with Crippen LogP contribution in [-0.2, 0) is 4.74 Å². The number of nitrogens with zero attached hydrogens (tertiary/aromatic N) is 1. The normalized spacial score (nSPS) is 9.97. The van der Waals surface area contributed by atoms with Crippen LogP contribution in [0.1, 0.15) is 10.4 Å². The second-order valence-corrected chi connectivity index (χ2v) is 21.9. The van der Waals surface area contributed by atoms with E-state index in [4.69, 9.17) is 18.2 Å². The maximum Gasteiger partial charge on any atom is 0.337 e. The van der Waals surface area contributed by atoms with Crippen LogP contribution in [0.5, 0.6) is 0 Å². The first-order valence-corrected chi connectivity index (χ1v) is 18.9. The van der Waals surface area contributed by atoms with Gasteiger partial charge in [0.05, 0.1) is 19.2 Å². The molecule has 11 heteroatoms. The first-order chi connectivity index (χ1) is 15.2.